The summed E-state index contributed by atoms with van der Waals surface area (Å²) in [5.74, 6) is 0.853. The Kier molecular flexibility index (Phi) is 5.43. The van der Waals surface area contributed by atoms with Gasteiger partial charge in [0.05, 0.1) is 0 Å². The SMILES string of the molecule is C[C@H](O)C(=O)CCCSc1ccccc1. The van der Waals surface area contributed by atoms with Crippen LogP contribution in [0.15, 0.2) is 35.2 Å². The van der Waals surface area contributed by atoms with Gasteiger partial charge in [-0.2, -0.15) is 0 Å². The predicted octanol–water partition coefficient (Wildman–Crippen LogP) is 2.51. The number of carbonyl (C=O) groups is 1. The van der Waals surface area contributed by atoms with Crippen molar-refractivity contribution >= 4 is 17.5 Å². The molecule has 0 aromatic heterocycles. The van der Waals surface area contributed by atoms with Crippen molar-refractivity contribution in [3.05, 3.63) is 30.3 Å². The molecule has 0 unspecified atom stereocenters. The predicted molar refractivity (Wildman–Crippen MR) is 63.1 cm³/mol. The first kappa shape index (κ1) is 12.3. The molecular weight excluding hydrogens is 208 g/mol. The third kappa shape index (κ3) is 5.00. The van der Waals surface area contributed by atoms with Gasteiger partial charge in [0.2, 0.25) is 0 Å². The monoisotopic (exact) mass is 224 g/mol. The van der Waals surface area contributed by atoms with Crippen LogP contribution in [-0.4, -0.2) is 22.7 Å². The standard InChI is InChI=1S/C12H16O2S/c1-10(13)12(14)8-5-9-15-11-6-3-2-4-7-11/h2-4,6-7,10,13H,5,8-9H2,1H3/t10-/m0/s1. The average Bonchev–Trinajstić information content (AvgIpc) is 2.25. The van der Waals surface area contributed by atoms with Crippen molar-refractivity contribution in [1.82, 2.24) is 0 Å². The Bertz CT molecular complexity index is 296. The van der Waals surface area contributed by atoms with Crippen LogP contribution in [0.2, 0.25) is 0 Å². The molecule has 2 nitrogen and oxygen atoms in total. The van der Waals surface area contributed by atoms with E-state index in [1.54, 1.807) is 11.8 Å². The van der Waals surface area contributed by atoms with E-state index in [0.29, 0.717) is 6.42 Å². The number of aliphatic hydroxyl groups is 1. The van der Waals surface area contributed by atoms with Crippen LogP contribution in [0.4, 0.5) is 0 Å². The van der Waals surface area contributed by atoms with Crippen LogP contribution in [0.3, 0.4) is 0 Å². The lowest BCUT2D eigenvalue weighted by Crippen LogP contribution is -2.15. The van der Waals surface area contributed by atoms with Crippen molar-refractivity contribution in [2.24, 2.45) is 0 Å². The molecule has 1 aromatic carbocycles. The molecule has 0 saturated heterocycles. The van der Waals surface area contributed by atoms with Gasteiger partial charge in [0.1, 0.15) is 6.10 Å². The average molecular weight is 224 g/mol. The molecule has 0 aliphatic rings. The van der Waals surface area contributed by atoms with Crippen LogP contribution >= 0.6 is 11.8 Å². The zero-order valence-electron chi connectivity index (χ0n) is 8.85. The van der Waals surface area contributed by atoms with Crippen molar-refractivity contribution in [2.75, 3.05) is 5.75 Å². The van der Waals surface area contributed by atoms with E-state index < -0.39 is 6.10 Å². The molecule has 0 bridgehead atoms. The highest BCUT2D eigenvalue weighted by Gasteiger charge is 2.07. The minimum Gasteiger partial charge on any atom is -0.386 e. The molecule has 1 aromatic rings. The van der Waals surface area contributed by atoms with Gasteiger partial charge in [-0.1, -0.05) is 18.2 Å². The zero-order chi connectivity index (χ0) is 11.1. The minimum absolute atomic E-state index is 0.0661. The van der Waals surface area contributed by atoms with E-state index in [4.69, 9.17) is 5.11 Å². The van der Waals surface area contributed by atoms with E-state index in [9.17, 15) is 4.79 Å². The Hall–Kier alpha value is -0.800. The first-order valence-electron chi connectivity index (χ1n) is 5.09. The van der Waals surface area contributed by atoms with Gasteiger partial charge in [0.15, 0.2) is 5.78 Å². The Morgan fingerprint density at radius 2 is 2.07 bits per heavy atom. The van der Waals surface area contributed by atoms with Crippen molar-refractivity contribution in [3.8, 4) is 0 Å². The van der Waals surface area contributed by atoms with E-state index in [-0.39, 0.29) is 5.78 Å². The third-order valence-corrected chi connectivity index (χ3v) is 3.14. The molecule has 0 amide bonds. The van der Waals surface area contributed by atoms with E-state index in [0.717, 1.165) is 12.2 Å². The molecule has 82 valence electrons. The first-order chi connectivity index (χ1) is 7.20. The molecule has 1 N–H and O–H groups in total. The zero-order valence-corrected chi connectivity index (χ0v) is 9.67. The number of ketones is 1. The molecule has 0 radical (unpaired) electrons. The van der Waals surface area contributed by atoms with Gasteiger partial charge in [0, 0.05) is 11.3 Å². The van der Waals surface area contributed by atoms with Crippen molar-refractivity contribution in [3.63, 3.8) is 0 Å². The van der Waals surface area contributed by atoms with E-state index in [1.165, 1.54) is 11.8 Å². The molecule has 0 aliphatic carbocycles. The maximum atomic E-state index is 11.1. The quantitative estimate of drug-likeness (QED) is 0.596. The maximum absolute atomic E-state index is 11.1. The molecule has 3 heteroatoms. The van der Waals surface area contributed by atoms with Crippen LogP contribution in [0.5, 0.6) is 0 Å². The number of carbonyl (C=O) groups excluding carboxylic acids is 1. The van der Waals surface area contributed by atoms with Gasteiger partial charge in [-0.15, -0.1) is 11.8 Å². The Balaban J connectivity index is 2.15. The number of thioether (sulfide) groups is 1. The van der Waals surface area contributed by atoms with Crippen LogP contribution in [-0.2, 0) is 4.79 Å². The molecule has 0 spiro atoms. The topological polar surface area (TPSA) is 37.3 Å². The molecule has 1 atom stereocenters. The smallest absolute Gasteiger partial charge is 0.161 e. The summed E-state index contributed by atoms with van der Waals surface area (Å²) in [5.41, 5.74) is 0. The molecule has 0 heterocycles. The maximum Gasteiger partial charge on any atom is 0.161 e. The van der Waals surface area contributed by atoms with Crippen molar-refractivity contribution in [1.29, 1.82) is 0 Å². The second kappa shape index (κ2) is 6.64. The van der Waals surface area contributed by atoms with Gasteiger partial charge < -0.3 is 5.11 Å². The fraction of sp³-hybridized carbons (Fsp3) is 0.417. The highest BCUT2D eigenvalue weighted by molar-refractivity contribution is 7.99. The summed E-state index contributed by atoms with van der Waals surface area (Å²) >= 11 is 1.74. The number of Topliss-reactive ketones (excluding diaryl/α,β-unsaturated/α-hetero) is 1. The van der Waals surface area contributed by atoms with Gasteiger partial charge in [0.25, 0.3) is 0 Å². The number of hydrogen-bond donors (Lipinski definition) is 1. The van der Waals surface area contributed by atoms with Crippen molar-refractivity contribution < 1.29 is 9.90 Å². The fourth-order valence-electron chi connectivity index (χ4n) is 1.16. The summed E-state index contributed by atoms with van der Waals surface area (Å²) < 4.78 is 0. The first-order valence-corrected chi connectivity index (χ1v) is 6.07. The lowest BCUT2D eigenvalue weighted by atomic mass is 10.1. The summed E-state index contributed by atoms with van der Waals surface area (Å²) in [7, 11) is 0. The van der Waals surface area contributed by atoms with Gasteiger partial charge in [-0.05, 0) is 31.2 Å². The Morgan fingerprint density at radius 1 is 1.40 bits per heavy atom. The minimum atomic E-state index is -0.813. The molecule has 1 rings (SSSR count). The second-order valence-electron chi connectivity index (χ2n) is 3.41. The highest BCUT2D eigenvalue weighted by atomic mass is 32.2. The molecule has 0 aliphatic heterocycles. The summed E-state index contributed by atoms with van der Waals surface area (Å²) in [6.07, 6.45) is 0.479. The molecule has 0 fully saturated rings. The van der Waals surface area contributed by atoms with Crippen LogP contribution in [0, 0.1) is 0 Å². The summed E-state index contributed by atoms with van der Waals surface area (Å²) in [6.45, 7) is 1.52. The van der Waals surface area contributed by atoms with Crippen LogP contribution < -0.4 is 0 Å². The van der Waals surface area contributed by atoms with Gasteiger partial charge in [-0.25, -0.2) is 0 Å². The highest BCUT2D eigenvalue weighted by Crippen LogP contribution is 2.18. The normalized spacial score (nSPS) is 12.4. The van der Waals surface area contributed by atoms with Gasteiger partial charge in [-0.3, -0.25) is 4.79 Å². The lowest BCUT2D eigenvalue weighted by molar-refractivity contribution is -0.126. The summed E-state index contributed by atoms with van der Waals surface area (Å²) in [6, 6.07) is 10.1. The number of hydrogen-bond acceptors (Lipinski definition) is 3. The fourth-order valence-corrected chi connectivity index (χ4v) is 2.04. The molecular formula is C12H16O2S. The summed E-state index contributed by atoms with van der Waals surface area (Å²) in [5, 5.41) is 8.98. The van der Waals surface area contributed by atoms with Gasteiger partial charge >= 0.3 is 0 Å². The number of benzene rings is 1. The van der Waals surface area contributed by atoms with Crippen LogP contribution in [0.25, 0.3) is 0 Å². The number of aliphatic hydroxyl groups excluding tert-OH is 1. The lowest BCUT2D eigenvalue weighted by Gasteiger charge is -2.03. The Labute approximate surface area is 94.7 Å². The van der Waals surface area contributed by atoms with E-state index in [1.807, 2.05) is 18.2 Å². The molecule has 15 heavy (non-hydrogen) atoms. The summed E-state index contributed by atoms with van der Waals surface area (Å²) in [4.78, 5) is 12.3. The largest absolute Gasteiger partial charge is 0.386 e. The van der Waals surface area contributed by atoms with E-state index >= 15 is 0 Å². The molecule has 0 saturated carbocycles. The third-order valence-electron chi connectivity index (χ3n) is 2.05. The second-order valence-corrected chi connectivity index (χ2v) is 4.58. The van der Waals surface area contributed by atoms with Crippen LogP contribution in [0.1, 0.15) is 19.8 Å². The number of rotatable bonds is 6. The Morgan fingerprint density at radius 3 is 2.67 bits per heavy atom. The van der Waals surface area contributed by atoms with E-state index in [2.05, 4.69) is 12.1 Å². The van der Waals surface area contributed by atoms with Crippen molar-refractivity contribution in [2.45, 2.75) is 30.8 Å².